The molecule has 1 heterocycles. The van der Waals surface area contributed by atoms with E-state index in [2.05, 4.69) is 11.6 Å². The Bertz CT molecular complexity index is 1340. The average molecular weight is 510 g/mol. The Morgan fingerprint density at radius 1 is 1.11 bits per heavy atom. The molecule has 2 atom stereocenters. The summed E-state index contributed by atoms with van der Waals surface area (Å²) in [5.41, 5.74) is 6.32. The van der Waals surface area contributed by atoms with Gasteiger partial charge in [-0.05, 0) is 29.4 Å². The lowest BCUT2D eigenvalue weighted by atomic mass is 9.84. The van der Waals surface area contributed by atoms with Gasteiger partial charge in [0.2, 0.25) is 0 Å². The molecule has 1 unspecified atom stereocenters. The van der Waals surface area contributed by atoms with Gasteiger partial charge in [-0.15, -0.1) is 0 Å². The molecule has 0 aliphatic rings. The Morgan fingerprint density at radius 2 is 1.75 bits per heavy atom. The van der Waals surface area contributed by atoms with E-state index in [9.17, 15) is 18.9 Å². The van der Waals surface area contributed by atoms with Crippen molar-refractivity contribution < 1.29 is 28.5 Å². The van der Waals surface area contributed by atoms with Crippen molar-refractivity contribution in [3.05, 3.63) is 77.7 Å². The number of rotatable bonds is 7. The van der Waals surface area contributed by atoms with Crippen molar-refractivity contribution >= 4 is 13.3 Å². The number of benzene rings is 2. The number of carboxylic acid groups (broad SMARTS) is 1. The molecule has 0 spiro atoms. The van der Waals surface area contributed by atoms with Crippen LogP contribution in [0.15, 0.2) is 60.7 Å². The fourth-order valence-electron chi connectivity index (χ4n) is 3.68. The number of aliphatic carboxylic acids is 1. The number of pyridine rings is 1. The highest BCUT2D eigenvalue weighted by Crippen LogP contribution is 2.46. The largest absolute Gasteiger partial charge is 0.481 e. The standard InChI is InChI=1S/C28H29FNO5P/c1-28(2,3)27-23(14-15-36(34,35-4)18-22(31)16-26(32)33)24(19-10-12-21(29)13-11-19)17-25(30-27)20-8-6-5-7-9-20/h5-13,17,22,31H,16,18H2,1-4H3,(H,32,33)/t22-,36?/m0/s1. The van der Waals surface area contributed by atoms with Gasteiger partial charge in [-0.1, -0.05) is 69.2 Å². The maximum atomic E-state index is 13.7. The molecule has 6 nitrogen and oxygen atoms in total. The summed E-state index contributed by atoms with van der Waals surface area (Å²) in [4.78, 5) is 15.8. The van der Waals surface area contributed by atoms with Crippen LogP contribution in [0.4, 0.5) is 4.39 Å². The van der Waals surface area contributed by atoms with E-state index in [1.165, 1.54) is 19.2 Å². The highest BCUT2D eigenvalue weighted by atomic mass is 31.2. The third-order valence-electron chi connectivity index (χ3n) is 5.46. The Hall–Kier alpha value is -3.30. The van der Waals surface area contributed by atoms with Crippen LogP contribution in [0.1, 0.15) is 38.4 Å². The smallest absolute Gasteiger partial charge is 0.305 e. The zero-order valence-electron chi connectivity index (χ0n) is 20.7. The van der Waals surface area contributed by atoms with Crippen molar-refractivity contribution in [1.82, 2.24) is 4.98 Å². The Balaban J connectivity index is 2.26. The zero-order valence-corrected chi connectivity index (χ0v) is 21.6. The molecule has 2 N–H and O–H groups in total. The first-order chi connectivity index (χ1) is 16.9. The summed E-state index contributed by atoms with van der Waals surface area (Å²) < 4.78 is 32.1. The van der Waals surface area contributed by atoms with Crippen LogP contribution in [-0.2, 0) is 19.3 Å². The molecule has 0 aliphatic heterocycles. The summed E-state index contributed by atoms with van der Waals surface area (Å²) in [6.45, 7) is 5.95. The number of hydrogen-bond acceptors (Lipinski definition) is 5. The number of hydrogen-bond donors (Lipinski definition) is 2. The summed E-state index contributed by atoms with van der Waals surface area (Å²) in [6.07, 6.45) is -2.37. The predicted octanol–water partition coefficient (Wildman–Crippen LogP) is 5.92. The first-order valence-corrected chi connectivity index (χ1v) is 13.2. The highest BCUT2D eigenvalue weighted by Gasteiger charge is 2.27. The molecule has 0 fully saturated rings. The zero-order chi connectivity index (χ0) is 26.5. The van der Waals surface area contributed by atoms with Crippen LogP contribution in [0.2, 0.25) is 0 Å². The second-order valence-corrected chi connectivity index (χ2v) is 11.7. The maximum Gasteiger partial charge on any atom is 0.305 e. The topological polar surface area (TPSA) is 96.7 Å². The van der Waals surface area contributed by atoms with Gasteiger partial charge in [0.15, 0.2) is 0 Å². The van der Waals surface area contributed by atoms with Gasteiger partial charge < -0.3 is 14.7 Å². The summed E-state index contributed by atoms with van der Waals surface area (Å²) in [5.74, 6) is 1.38. The van der Waals surface area contributed by atoms with Gasteiger partial charge in [0.1, 0.15) is 5.82 Å². The van der Waals surface area contributed by atoms with Crippen LogP contribution in [0.3, 0.4) is 0 Å². The SMILES string of the molecule is COP(=O)(C#Cc1c(-c2ccc(F)cc2)cc(-c2ccccc2)nc1C(C)(C)C)C[C@@H](O)CC(=O)O. The highest BCUT2D eigenvalue weighted by molar-refractivity contribution is 7.64. The minimum Gasteiger partial charge on any atom is -0.481 e. The van der Waals surface area contributed by atoms with Crippen LogP contribution in [0, 0.1) is 17.4 Å². The average Bonchev–Trinajstić information content (AvgIpc) is 2.82. The van der Waals surface area contributed by atoms with Crippen LogP contribution in [-0.4, -0.2) is 40.5 Å². The predicted molar refractivity (Wildman–Crippen MR) is 138 cm³/mol. The third kappa shape index (κ3) is 6.89. The van der Waals surface area contributed by atoms with Gasteiger partial charge >= 0.3 is 5.97 Å². The van der Waals surface area contributed by atoms with Gasteiger partial charge in [0.05, 0.1) is 35.6 Å². The summed E-state index contributed by atoms with van der Waals surface area (Å²) in [6, 6.07) is 17.5. The molecule has 0 bridgehead atoms. The molecular weight excluding hydrogens is 480 g/mol. The molecule has 0 saturated heterocycles. The van der Waals surface area contributed by atoms with Crippen molar-refractivity contribution in [2.45, 2.75) is 38.7 Å². The van der Waals surface area contributed by atoms with Gasteiger partial charge in [0, 0.05) is 23.7 Å². The van der Waals surface area contributed by atoms with Crippen molar-refractivity contribution in [2.75, 3.05) is 13.3 Å². The van der Waals surface area contributed by atoms with E-state index in [0.717, 1.165) is 5.56 Å². The molecule has 3 aromatic rings. The minimum absolute atomic E-state index is 0.379. The lowest BCUT2D eigenvalue weighted by Crippen LogP contribution is -2.18. The van der Waals surface area contributed by atoms with Gasteiger partial charge in [-0.2, -0.15) is 0 Å². The number of nitrogens with zero attached hydrogens (tertiary/aromatic N) is 1. The molecule has 0 amide bonds. The lowest BCUT2D eigenvalue weighted by molar-refractivity contribution is -0.138. The Labute approximate surface area is 210 Å². The third-order valence-corrected chi connectivity index (χ3v) is 7.41. The fraction of sp³-hybridized carbons (Fsp3) is 0.286. The van der Waals surface area contributed by atoms with E-state index in [1.807, 2.05) is 57.2 Å². The number of carbonyl (C=O) groups is 1. The molecule has 0 radical (unpaired) electrons. The van der Waals surface area contributed by atoms with Gasteiger partial charge in [-0.25, -0.2) is 4.39 Å². The second kappa shape index (κ2) is 11.2. The molecular formula is C28H29FNO5P. The molecule has 0 aliphatic carbocycles. The van der Waals surface area contributed by atoms with Gasteiger partial charge in [0.25, 0.3) is 7.37 Å². The second-order valence-electron chi connectivity index (χ2n) is 9.43. The van der Waals surface area contributed by atoms with Crippen molar-refractivity contribution in [1.29, 1.82) is 0 Å². The molecule has 0 saturated carbocycles. The molecule has 8 heteroatoms. The normalized spacial score (nSPS) is 13.8. The summed E-state index contributed by atoms with van der Waals surface area (Å²) >= 11 is 0. The van der Waals surface area contributed by atoms with E-state index >= 15 is 0 Å². The van der Waals surface area contributed by atoms with Crippen molar-refractivity contribution in [3.8, 4) is 34.0 Å². The van der Waals surface area contributed by atoms with E-state index in [4.69, 9.17) is 14.6 Å². The first kappa shape index (κ1) is 27.3. The Morgan fingerprint density at radius 3 is 2.31 bits per heavy atom. The maximum absolute atomic E-state index is 13.7. The number of aromatic nitrogens is 1. The quantitative estimate of drug-likeness (QED) is 0.303. The minimum atomic E-state index is -3.70. The summed E-state index contributed by atoms with van der Waals surface area (Å²) in [7, 11) is -2.49. The first-order valence-electron chi connectivity index (χ1n) is 11.4. The van der Waals surface area contributed by atoms with Gasteiger partial charge in [-0.3, -0.25) is 14.3 Å². The molecule has 188 valence electrons. The van der Waals surface area contributed by atoms with E-state index < -0.39 is 37.4 Å². The molecule has 1 aromatic heterocycles. The van der Waals surface area contributed by atoms with Crippen LogP contribution >= 0.6 is 7.37 Å². The Kier molecular flexibility index (Phi) is 8.47. The van der Waals surface area contributed by atoms with E-state index in [1.54, 1.807) is 12.1 Å². The van der Waals surface area contributed by atoms with Crippen LogP contribution in [0.5, 0.6) is 0 Å². The fourth-order valence-corrected chi connectivity index (χ4v) is 4.98. The molecule has 36 heavy (non-hydrogen) atoms. The lowest BCUT2D eigenvalue weighted by Gasteiger charge is -2.23. The van der Waals surface area contributed by atoms with Crippen LogP contribution in [0.25, 0.3) is 22.4 Å². The number of carboxylic acids is 1. The number of aliphatic hydroxyl groups excluding tert-OH is 1. The molecule has 2 aromatic carbocycles. The van der Waals surface area contributed by atoms with E-state index in [-0.39, 0.29) is 5.82 Å². The van der Waals surface area contributed by atoms with Crippen molar-refractivity contribution in [2.24, 2.45) is 0 Å². The number of aliphatic hydroxyl groups is 1. The number of halogens is 1. The van der Waals surface area contributed by atoms with E-state index in [0.29, 0.717) is 28.1 Å². The van der Waals surface area contributed by atoms with Crippen LogP contribution < -0.4 is 0 Å². The van der Waals surface area contributed by atoms with Crippen molar-refractivity contribution in [3.63, 3.8) is 0 Å². The monoisotopic (exact) mass is 509 g/mol. The molecule has 3 rings (SSSR count). The summed E-state index contributed by atoms with van der Waals surface area (Å²) in [5, 5.41) is 19.0.